The second-order valence-electron chi connectivity index (χ2n) is 3.65. The van der Waals surface area contributed by atoms with E-state index in [0.717, 1.165) is 24.2 Å². The number of phenols is 1. The van der Waals surface area contributed by atoms with E-state index in [2.05, 4.69) is 0 Å². The van der Waals surface area contributed by atoms with Crippen LogP contribution in [0.1, 0.15) is 19.3 Å². The normalized spacial score (nSPS) is 26.6. The first kappa shape index (κ1) is 9.87. The molecule has 0 saturated heterocycles. The van der Waals surface area contributed by atoms with Crippen LogP contribution in [0.2, 0.25) is 0 Å². The molecule has 14 heavy (non-hydrogen) atoms. The van der Waals surface area contributed by atoms with E-state index in [9.17, 15) is 5.11 Å². The predicted molar refractivity (Wildman–Crippen MR) is 57.6 cm³/mol. The van der Waals surface area contributed by atoms with Gasteiger partial charge in [0.2, 0.25) is 0 Å². The molecule has 1 aliphatic rings. The largest absolute Gasteiger partial charge is 0.508 e. The summed E-state index contributed by atoms with van der Waals surface area (Å²) in [5.41, 5.74) is 0. The quantitative estimate of drug-likeness (QED) is 0.787. The van der Waals surface area contributed by atoms with E-state index < -0.39 is 0 Å². The molecule has 1 fully saturated rings. The second-order valence-corrected chi connectivity index (χ2v) is 4.96. The molecule has 1 aromatic rings. The van der Waals surface area contributed by atoms with E-state index in [4.69, 9.17) is 5.11 Å². The Hall–Kier alpha value is -0.670. The van der Waals surface area contributed by atoms with Crippen molar-refractivity contribution < 1.29 is 10.2 Å². The topological polar surface area (TPSA) is 40.5 Å². The van der Waals surface area contributed by atoms with Crippen LogP contribution in [0.5, 0.6) is 5.75 Å². The second kappa shape index (κ2) is 4.24. The van der Waals surface area contributed by atoms with Gasteiger partial charge < -0.3 is 10.2 Å². The Kier molecular flexibility index (Phi) is 2.99. The van der Waals surface area contributed by atoms with Crippen LogP contribution in [0.4, 0.5) is 0 Å². The van der Waals surface area contributed by atoms with Gasteiger partial charge in [-0.2, -0.15) is 0 Å². The molecule has 1 aliphatic carbocycles. The van der Waals surface area contributed by atoms with Gasteiger partial charge in [0.1, 0.15) is 5.75 Å². The predicted octanol–water partition coefficient (Wildman–Crippen LogP) is 2.40. The minimum atomic E-state index is -0.159. The summed E-state index contributed by atoms with van der Waals surface area (Å²) in [4.78, 5) is 1.12. The first-order chi connectivity index (χ1) is 6.75. The Morgan fingerprint density at radius 2 is 1.86 bits per heavy atom. The lowest BCUT2D eigenvalue weighted by Gasteiger charge is -2.13. The van der Waals surface area contributed by atoms with Gasteiger partial charge in [-0.15, -0.1) is 11.8 Å². The molecule has 0 amide bonds. The summed E-state index contributed by atoms with van der Waals surface area (Å²) in [6.45, 7) is 0. The Balaban J connectivity index is 2.00. The number of aliphatic hydroxyl groups is 1. The Labute approximate surface area is 88.0 Å². The molecule has 0 aromatic heterocycles. The van der Waals surface area contributed by atoms with E-state index in [0.29, 0.717) is 11.0 Å². The van der Waals surface area contributed by atoms with Crippen LogP contribution < -0.4 is 0 Å². The van der Waals surface area contributed by atoms with Crippen LogP contribution in [0.25, 0.3) is 0 Å². The van der Waals surface area contributed by atoms with Crippen LogP contribution in [0, 0.1) is 0 Å². The average molecular weight is 210 g/mol. The summed E-state index contributed by atoms with van der Waals surface area (Å²) < 4.78 is 0. The maximum Gasteiger partial charge on any atom is 0.115 e. The van der Waals surface area contributed by atoms with Gasteiger partial charge in [-0.3, -0.25) is 0 Å². The number of rotatable bonds is 2. The fourth-order valence-corrected chi connectivity index (χ4v) is 2.96. The van der Waals surface area contributed by atoms with Crippen molar-refractivity contribution in [3.05, 3.63) is 24.3 Å². The molecule has 1 aromatic carbocycles. The lowest BCUT2D eigenvalue weighted by molar-refractivity contribution is 0.188. The van der Waals surface area contributed by atoms with Crippen molar-refractivity contribution in [1.82, 2.24) is 0 Å². The van der Waals surface area contributed by atoms with Gasteiger partial charge in [0, 0.05) is 10.1 Å². The van der Waals surface area contributed by atoms with Crippen molar-refractivity contribution in [2.24, 2.45) is 0 Å². The number of aromatic hydroxyl groups is 1. The van der Waals surface area contributed by atoms with E-state index in [1.165, 1.54) is 0 Å². The minimum absolute atomic E-state index is 0.159. The molecule has 3 heteroatoms. The molecule has 2 nitrogen and oxygen atoms in total. The van der Waals surface area contributed by atoms with Crippen molar-refractivity contribution >= 4 is 11.8 Å². The van der Waals surface area contributed by atoms with Crippen LogP contribution in [-0.2, 0) is 0 Å². The molecular formula is C11H14O2S. The molecule has 0 spiro atoms. The summed E-state index contributed by atoms with van der Waals surface area (Å²) in [6, 6.07) is 7.16. The van der Waals surface area contributed by atoms with Crippen molar-refractivity contribution in [3.63, 3.8) is 0 Å². The molecule has 0 radical (unpaired) electrons. The van der Waals surface area contributed by atoms with Gasteiger partial charge >= 0.3 is 0 Å². The minimum Gasteiger partial charge on any atom is -0.508 e. The SMILES string of the molecule is Oc1ccc(SC2CCCC2O)cc1. The number of benzene rings is 1. The van der Waals surface area contributed by atoms with Gasteiger partial charge in [0.25, 0.3) is 0 Å². The number of hydrogen-bond donors (Lipinski definition) is 2. The summed E-state index contributed by atoms with van der Waals surface area (Å²) >= 11 is 1.71. The lowest BCUT2D eigenvalue weighted by atomic mass is 10.3. The Morgan fingerprint density at radius 3 is 2.43 bits per heavy atom. The highest BCUT2D eigenvalue weighted by atomic mass is 32.2. The molecule has 76 valence electrons. The summed E-state index contributed by atoms with van der Waals surface area (Å²) in [5, 5.41) is 19.1. The Bertz CT molecular complexity index is 297. The third-order valence-corrected chi connectivity index (χ3v) is 3.94. The number of aliphatic hydroxyl groups excluding tert-OH is 1. The van der Waals surface area contributed by atoms with E-state index >= 15 is 0 Å². The van der Waals surface area contributed by atoms with Gasteiger partial charge in [-0.25, -0.2) is 0 Å². The molecule has 0 aliphatic heterocycles. The van der Waals surface area contributed by atoms with Gasteiger partial charge in [0.15, 0.2) is 0 Å². The molecule has 1 saturated carbocycles. The monoisotopic (exact) mass is 210 g/mol. The van der Waals surface area contributed by atoms with Gasteiger partial charge in [-0.1, -0.05) is 0 Å². The van der Waals surface area contributed by atoms with Crippen LogP contribution >= 0.6 is 11.8 Å². The maximum atomic E-state index is 9.63. The van der Waals surface area contributed by atoms with Crippen molar-refractivity contribution in [3.8, 4) is 5.75 Å². The highest BCUT2D eigenvalue weighted by molar-refractivity contribution is 8.00. The summed E-state index contributed by atoms with van der Waals surface area (Å²) in [5.74, 6) is 0.293. The van der Waals surface area contributed by atoms with Crippen LogP contribution in [0.15, 0.2) is 29.2 Å². The smallest absolute Gasteiger partial charge is 0.115 e. The number of hydrogen-bond acceptors (Lipinski definition) is 3. The molecule has 2 atom stereocenters. The number of phenolic OH excluding ortho intramolecular Hbond substituents is 1. The third kappa shape index (κ3) is 2.22. The molecular weight excluding hydrogens is 196 g/mol. The third-order valence-electron chi connectivity index (χ3n) is 2.54. The van der Waals surface area contributed by atoms with E-state index in [1.54, 1.807) is 23.9 Å². The summed E-state index contributed by atoms with van der Waals surface area (Å²) in [6.07, 6.45) is 2.98. The first-order valence-electron chi connectivity index (χ1n) is 4.89. The number of thioether (sulfide) groups is 1. The standard InChI is InChI=1S/C11H14O2S/c12-8-4-6-9(7-5-8)14-11-3-1-2-10(11)13/h4-7,10-13H,1-3H2. The van der Waals surface area contributed by atoms with Gasteiger partial charge in [-0.05, 0) is 43.5 Å². The lowest BCUT2D eigenvalue weighted by Crippen LogP contribution is -2.14. The van der Waals surface area contributed by atoms with E-state index in [1.807, 2.05) is 12.1 Å². The maximum absolute atomic E-state index is 9.63. The Morgan fingerprint density at radius 1 is 1.14 bits per heavy atom. The zero-order valence-corrected chi connectivity index (χ0v) is 8.70. The highest BCUT2D eigenvalue weighted by Crippen LogP contribution is 2.35. The van der Waals surface area contributed by atoms with Crippen LogP contribution in [0.3, 0.4) is 0 Å². The fraction of sp³-hybridized carbons (Fsp3) is 0.455. The first-order valence-corrected chi connectivity index (χ1v) is 5.77. The fourth-order valence-electron chi connectivity index (χ4n) is 1.74. The van der Waals surface area contributed by atoms with Crippen molar-refractivity contribution in [2.75, 3.05) is 0 Å². The highest BCUT2D eigenvalue weighted by Gasteiger charge is 2.25. The molecule has 2 unspecified atom stereocenters. The molecule has 0 bridgehead atoms. The molecule has 0 heterocycles. The zero-order valence-electron chi connectivity index (χ0n) is 7.89. The zero-order chi connectivity index (χ0) is 9.97. The summed E-state index contributed by atoms with van der Waals surface area (Å²) in [7, 11) is 0. The van der Waals surface area contributed by atoms with Gasteiger partial charge in [0.05, 0.1) is 6.10 Å². The van der Waals surface area contributed by atoms with E-state index in [-0.39, 0.29) is 6.10 Å². The van der Waals surface area contributed by atoms with Crippen molar-refractivity contribution in [2.45, 2.75) is 35.5 Å². The van der Waals surface area contributed by atoms with Crippen LogP contribution in [-0.4, -0.2) is 21.6 Å². The van der Waals surface area contributed by atoms with Crippen molar-refractivity contribution in [1.29, 1.82) is 0 Å². The average Bonchev–Trinajstić information content (AvgIpc) is 2.56. The molecule has 2 rings (SSSR count). The molecule has 2 N–H and O–H groups in total.